The Balaban J connectivity index is 2.16. The van der Waals surface area contributed by atoms with E-state index in [2.05, 4.69) is 29.5 Å². The van der Waals surface area contributed by atoms with E-state index in [4.69, 9.17) is 0 Å². The highest BCUT2D eigenvalue weighted by Crippen LogP contribution is 2.36. The summed E-state index contributed by atoms with van der Waals surface area (Å²) in [5, 5.41) is 0. The van der Waals surface area contributed by atoms with E-state index in [1.165, 1.54) is 19.3 Å². The third-order valence-corrected chi connectivity index (χ3v) is 3.49. The van der Waals surface area contributed by atoms with Crippen molar-refractivity contribution in [2.45, 2.75) is 30.1 Å². The summed E-state index contributed by atoms with van der Waals surface area (Å²) in [6, 6.07) is 0. The van der Waals surface area contributed by atoms with Gasteiger partial charge >= 0.3 is 0 Å². The summed E-state index contributed by atoms with van der Waals surface area (Å²) < 4.78 is 1.02. The molecule has 0 saturated heterocycles. The van der Waals surface area contributed by atoms with Crippen molar-refractivity contribution < 1.29 is 0 Å². The monoisotopic (exact) mass is 210 g/mol. The van der Waals surface area contributed by atoms with E-state index in [1.54, 1.807) is 0 Å². The molecule has 1 fully saturated rings. The van der Waals surface area contributed by atoms with E-state index < -0.39 is 0 Å². The second-order valence-corrected chi connectivity index (χ2v) is 3.86. The predicted octanol–water partition coefficient (Wildman–Crippen LogP) is 2.61. The molecule has 1 aliphatic carbocycles. The van der Waals surface area contributed by atoms with Crippen molar-refractivity contribution in [3.63, 3.8) is 0 Å². The van der Waals surface area contributed by atoms with Gasteiger partial charge in [0.25, 0.3) is 0 Å². The first-order chi connectivity index (χ1) is 3.34. The van der Waals surface area contributed by atoms with Gasteiger partial charge in [0.05, 0.1) is 0 Å². The van der Waals surface area contributed by atoms with Crippen LogP contribution in [0.15, 0.2) is 0 Å². The zero-order chi connectivity index (χ0) is 5.28. The van der Waals surface area contributed by atoms with Crippen LogP contribution in [0.5, 0.6) is 0 Å². The Labute approximate surface area is 58.8 Å². The summed E-state index contributed by atoms with van der Waals surface area (Å²) in [5.74, 6) is 1.07. The largest absolute Gasteiger partial charge is 0.0823 e. The molecule has 1 saturated carbocycles. The minimum Gasteiger partial charge on any atom is -0.0823 e. The number of hydrogen-bond donors (Lipinski definition) is 0. The zero-order valence-corrected chi connectivity index (χ0v) is 6.81. The molecule has 0 amide bonds. The van der Waals surface area contributed by atoms with Gasteiger partial charge in [-0.15, -0.1) is 0 Å². The van der Waals surface area contributed by atoms with Crippen molar-refractivity contribution in [1.29, 1.82) is 0 Å². The molecule has 0 aromatic carbocycles. The minimum atomic E-state index is 1.02. The third-order valence-electron chi connectivity index (χ3n) is 1.85. The van der Waals surface area contributed by atoms with Crippen LogP contribution < -0.4 is 0 Å². The van der Waals surface area contributed by atoms with Crippen molar-refractivity contribution in [3.05, 3.63) is 0 Å². The van der Waals surface area contributed by atoms with Gasteiger partial charge in [-0.05, 0) is 18.8 Å². The number of hydrogen-bond acceptors (Lipinski definition) is 0. The standard InChI is InChI=1S/C6H11I/c1-2-5-3-4-6(5)7/h5-6H,2-4H2,1H3/t5-,6+/m0/s1. The van der Waals surface area contributed by atoms with Crippen LogP contribution in [0.3, 0.4) is 0 Å². The van der Waals surface area contributed by atoms with Crippen LogP contribution in [-0.2, 0) is 0 Å². The quantitative estimate of drug-likeness (QED) is 0.461. The van der Waals surface area contributed by atoms with Gasteiger partial charge in [-0.2, -0.15) is 0 Å². The summed E-state index contributed by atoms with van der Waals surface area (Å²) in [4.78, 5) is 0. The first-order valence-electron chi connectivity index (χ1n) is 2.98. The summed E-state index contributed by atoms with van der Waals surface area (Å²) in [5.41, 5.74) is 0. The molecule has 0 nitrogen and oxygen atoms in total. The molecule has 0 spiro atoms. The molecule has 0 aromatic heterocycles. The lowest BCUT2D eigenvalue weighted by Gasteiger charge is -2.30. The molecule has 0 aromatic rings. The van der Waals surface area contributed by atoms with Gasteiger partial charge in [0.2, 0.25) is 0 Å². The number of rotatable bonds is 1. The van der Waals surface area contributed by atoms with E-state index in [1.807, 2.05) is 0 Å². The molecule has 7 heavy (non-hydrogen) atoms. The lowest BCUT2D eigenvalue weighted by Crippen LogP contribution is -2.24. The Morgan fingerprint density at radius 3 is 2.29 bits per heavy atom. The topological polar surface area (TPSA) is 0 Å². The second kappa shape index (κ2) is 2.33. The molecule has 1 heteroatoms. The maximum absolute atomic E-state index is 2.56. The third kappa shape index (κ3) is 1.09. The maximum atomic E-state index is 2.56. The van der Waals surface area contributed by atoms with Gasteiger partial charge in [0, 0.05) is 3.92 Å². The minimum absolute atomic E-state index is 1.02. The van der Waals surface area contributed by atoms with Crippen molar-refractivity contribution in [1.82, 2.24) is 0 Å². The molecule has 0 heterocycles. The molecule has 2 atom stereocenters. The lowest BCUT2D eigenvalue weighted by molar-refractivity contribution is 0.335. The SMILES string of the molecule is CC[C@H]1CC[C@H]1I. The van der Waals surface area contributed by atoms with E-state index in [0.717, 1.165) is 9.84 Å². The van der Waals surface area contributed by atoms with Gasteiger partial charge < -0.3 is 0 Å². The highest BCUT2D eigenvalue weighted by Gasteiger charge is 2.25. The van der Waals surface area contributed by atoms with Crippen molar-refractivity contribution in [2.75, 3.05) is 0 Å². The summed E-state index contributed by atoms with van der Waals surface area (Å²) in [7, 11) is 0. The first-order valence-corrected chi connectivity index (χ1v) is 4.23. The molecule has 0 unspecified atom stereocenters. The molecular formula is C6H11I. The molecule has 1 aliphatic rings. The molecule has 42 valence electrons. The van der Waals surface area contributed by atoms with E-state index in [9.17, 15) is 0 Å². The highest BCUT2D eigenvalue weighted by atomic mass is 127. The van der Waals surface area contributed by atoms with Gasteiger partial charge in [-0.25, -0.2) is 0 Å². The maximum Gasteiger partial charge on any atom is 0.0138 e. The summed E-state index contributed by atoms with van der Waals surface area (Å²) >= 11 is 2.56. The van der Waals surface area contributed by atoms with Crippen molar-refractivity contribution in [2.24, 2.45) is 5.92 Å². The predicted molar refractivity (Wildman–Crippen MR) is 40.8 cm³/mol. The fourth-order valence-electron chi connectivity index (χ4n) is 0.988. The molecule has 1 rings (SSSR count). The molecule has 0 N–H and O–H groups in total. The van der Waals surface area contributed by atoms with Gasteiger partial charge in [0.1, 0.15) is 0 Å². The average Bonchev–Trinajstić information content (AvgIpc) is 1.65. The molecule has 0 radical (unpaired) electrons. The van der Waals surface area contributed by atoms with Crippen LogP contribution in [0.2, 0.25) is 0 Å². The molecule has 0 bridgehead atoms. The zero-order valence-electron chi connectivity index (χ0n) is 4.65. The first kappa shape index (κ1) is 5.86. The Morgan fingerprint density at radius 1 is 1.57 bits per heavy atom. The van der Waals surface area contributed by atoms with Crippen molar-refractivity contribution in [3.8, 4) is 0 Å². The smallest absolute Gasteiger partial charge is 0.0138 e. The van der Waals surface area contributed by atoms with Crippen molar-refractivity contribution >= 4 is 22.6 Å². The van der Waals surface area contributed by atoms with Crippen LogP contribution in [0.25, 0.3) is 0 Å². The van der Waals surface area contributed by atoms with Crippen LogP contribution in [0, 0.1) is 5.92 Å². The van der Waals surface area contributed by atoms with E-state index in [-0.39, 0.29) is 0 Å². The van der Waals surface area contributed by atoms with E-state index >= 15 is 0 Å². The number of halogens is 1. The lowest BCUT2D eigenvalue weighted by atomic mass is 9.84. The van der Waals surface area contributed by atoms with Crippen LogP contribution >= 0.6 is 22.6 Å². The summed E-state index contributed by atoms with van der Waals surface area (Å²) in [6.07, 6.45) is 4.36. The Bertz CT molecular complexity index is 59.2. The summed E-state index contributed by atoms with van der Waals surface area (Å²) in [6.45, 7) is 2.29. The highest BCUT2D eigenvalue weighted by molar-refractivity contribution is 14.1. The fourth-order valence-corrected chi connectivity index (χ4v) is 2.22. The Morgan fingerprint density at radius 2 is 2.29 bits per heavy atom. The normalized spacial score (nSPS) is 40.3. The Hall–Kier alpha value is 0.730. The average molecular weight is 210 g/mol. The van der Waals surface area contributed by atoms with Gasteiger partial charge in [-0.1, -0.05) is 35.9 Å². The fraction of sp³-hybridized carbons (Fsp3) is 1.00. The van der Waals surface area contributed by atoms with Crippen LogP contribution in [0.1, 0.15) is 26.2 Å². The molecule has 0 aliphatic heterocycles. The second-order valence-electron chi connectivity index (χ2n) is 2.26. The van der Waals surface area contributed by atoms with Crippen LogP contribution in [-0.4, -0.2) is 3.92 Å². The van der Waals surface area contributed by atoms with E-state index in [0.29, 0.717) is 0 Å². The number of alkyl halides is 1. The molecular weight excluding hydrogens is 199 g/mol. The Kier molecular flexibility index (Phi) is 1.95. The van der Waals surface area contributed by atoms with Gasteiger partial charge in [-0.3, -0.25) is 0 Å². The van der Waals surface area contributed by atoms with Gasteiger partial charge in [0.15, 0.2) is 0 Å². The van der Waals surface area contributed by atoms with Crippen LogP contribution in [0.4, 0.5) is 0 Å².